The topological polar surface area (TPSA) is 41.1 Å². The Labute approximate surface area is 116 Å². The third-order valence-corrected chi connectivity index (χ3v) is 3.89. The van der Waals surface area contributed by atoms with E-state index in [0.29, 0.717) is 6.54 Å². The van der Waals surface area contributed by atoms with E-state index in [-0.39, 0.29) is 11.9 Å². The number of carbonyl (C=O) groups excluding carboxylic acids is 1. The van der Waals surface area contributed by atoms with Crippen molar-refractivity contribution in [2.24, 2.45) is 5.92 Å². The second-order valence-electron chi connectivity index (χ2n) is 4.88. The molecule has 0 aromatic heterocycles. The summed E-state index contributed by atoms with van der Waals surface area (Å²) in [6, 6.07) is 7.99. The lowest BCUT2D eigenvalue weighted by Crippen LogP contribution is -2.36. The van der Waals surface area contributed by atoms with E-state index in [9.17, 15) is 4.79 Å². The average molecular weight is 311 g/mol. The van der Waals surface area contributed by atoms with Crippen LogP contribution in [0.25, 0.3) is 0 Å². The van der Waals surface area contributed by atoms with Crippen LogP contribution in [0, 0.1) is 5.92 Å². The maximum absolute atomic E-state index is 11.8. The van der Waals surface area contributed by atoms with Crippen LogP contribution < -0.4 is 10.6 Å². The Balaban J connectivity index is 1.77. The summed E-state index contributed by atoms with van der Waals surface area (Å²) in [7, 11) is 0. The third kappa shape index (κ3) is 4.10. The zero-order chi connectivity index (χ0) is 13.0. The molecule has 1 aliphatic carbocycles. The number of rotatable bonds is 6. The summed E-state index contributed by atoms with van der Waals surface area (Å²) < 4.78 is 1.03. The lowest BCUT2D eigenvalue weighted by molar-refractivity contribution is -0.120. The van der Waals surface area contributed by atoms with Gasteiger partial charge < -0.3 is 10.6 Å². The molecule has 2 rings (SSSR count). The number of hydrogen-bond acceptors (Lipinski definition) is 2. The summed E-state index contributed by atoms with van der Waals surface area (Å²) in [6.45, 7) is 3.38. The van der Waals surface area contributed by atoms with Crippen molar-refractivity contribution >= 4 is 21.8 Å². The maximum Gasteiger partial charge on any atom is 0.234 e. The van der Waals surface area contributed by atoms with Crippen molar-refractivity contribution in [3.8, 4) is 0 Å². The number of carbonyl (C=O) groups is 1. The minimum Gasteiger partial charge on any atom is -0.348 e. The first-order chi connectivity index (χ1) is 8.66. The van der Waals surface area contributed by atoms with Crippen molar-refractivity contribution in [1.82, 2.24) is 10.6 Å². The molecule has 1 aromatic rings. The molecule has 0 radical (unpaired) electrons. The molecule has 18 heavy (non-hydrogen) atoms. The second kappa shape index (κ2) is 6.34. The third-order valence-electron chi connectivity index (χ3n) is 3.16. The van der Waals surface area contributed by atoms with Crippen molar-refractivity contribution in [2.75, 3.05) is 13.1 Å². The van der Waals surface area contributed by atoms with Gasteiger partial charge in [0.2, 0.25) is 5.91 Å². The minimum atomic E-state index is 0.0239. The fraction of sp³-hybridized carbons (Fsp3) is 0.500. The summed E-state index contributed by atoms with van der Waals surface area (Å²) >= 11 is 3.50. The SMILES string of the molecule is C[C@@H](NC(=O)CNCC1CC1)c1ccccc1Br. The highest BCUT2D eigenvalue weighted by molar-refractivity contribution is 9.10. The van der Waals surface area contributed by atoms with Crippen molar-refractivity contribution < 1.29 is 4.79 Å². The Kier molecular flexibility index (Phi) is 4.78. The van der Waals surface area contributed by atoms with Crippen LogP contribution in [0.5, 0.6) is 0 Å². The number of benzene rings is 1. The van der Waals surface area contributed by atoms with Crippen LogP contribution in [0.15, 0.2) is 28.7 Å². The highest BCUT2D eigenvalue weighted by atomic mass is 79.9. The molecule has 1 saturated carbocycles. The van der Waals surface area contributed by atoms with Crippen LogP contribution in [0.2, 0.25) is 0 Å². The molecule has 0 unspecified atom stereocenters. The van der Waals surface area contributed by atoms with E-state index in [1.807, 2.05) is 31.2 Å². The van der Waals surface area contributed by atoms with Crippen LogP contribution in [-0.4, -0.2) is 19.0 Å². The van der Waals surface area contributed by atoms with Crippen molar-refractivity contribution in [2.45, 2.75) is 25.8 Å². The molecule has 4 heteroatoms. The van der Waals surface area contributed by atoms with Gasteiger partial charge in [-0.05, 0) is 43.9 Å². The first-order valence-corrected chi connectivity index (χ1v) is 7.20. The molecule has 0 spiro atoms. The van der Waals surface area contributed by atoms with E-state index in [1.54, 1.807) is 0 Å². The van der Waals surface area contributed by atoms with Gasteiger partial charge in [-0.3, -0.25) is 4.79 Å². The molecule has 0 bridgehead atoms. The van der Waals surface area contributed by atoms with Crippen LogP contribution in [-0.2, 0) is 4.79 Å². The summed E-state index contributed by atoms with van der Waals surface area (Å²) in [4.78, 5) is 11.8. The fourth-order valence-electron chi connectivity index (χ4n) is 1.91. The molecule has 1 fully saturated rings. The lowest BCUT2D eigenvalue weighted by Gasteiger charge is -2.16. The van der Waals surface area contributed by atoms with E-state index in [4.69, 9.17) is 0 Å². The number of amides is 1. The highest BCUT2D eigenvalue weighted by Crippen LogP contribution is 2.27. The van der Waals surface area contributed by atoms with E-state index in [1.165, 1.54) is 12.8 Å². The molecule has 0 saturated heterocycles. The van der Waals surface area contributed by atoms with Crippen molar-refractivity contribution in [3.05, 3.63) is 34.3 Å². The quantitative estimate of drug-likeness (QED) is 0.848. The molecule has 0 heterocycles. The minimum absolute atomic E-state index is 0.0239. The zero-order valence-corrected chi connectivity index (χ0v) is 12.2. The van der Waals surface area contributed by atoms with Crippen LogP contribution in [0.4, 0.5) is 0 Å². The first kappa shape index (κ1) is 13.6. The molecule has 2 N–H and O–H groups in total. The molecule has 3 nitrogen and oxygen atoms in total. The van der Waals surface area contributed by atoms with Gasteiger partial charge in [-0.1, -0.05) is 34.1 Å². The molecular weight excluding hydrogens is 292 g/mol. The summed E-state index contributed by atoms with van der Waals surface area (Å²) in [5.74, 6) is 0.859. The second-order valence-corrected chi connectivity index (χ2v) is 5.74. The van der Waals surface area contributed by atoms with Gasteiger partial charge in [-0.25, -0.2) is 0 Å². The van der Waals surface area contributed by atoms with Gasteiger partial charge in [0, 0.05) is 4.47 Å². The normalized spacial score (nSPS) is 16.3. The Bertz CT molecular complexity index is 418. The number of halogens is 1. The Morgan fingerprint density at radius 3 is 2.83 bits per heavy atom. The van der Waals surface area contributed by atoms with Gasteiger partial charge >= 0.3 is 0 Å². The molecule has 1 aromatic carbocycles. The maximum atomic E-state index is 11.8. The van der Waals surface area contributed by atoms with Gasteiger partial charge in [0.15, 0.2) is 0 Å². The number of hydrogen-bond donors (Lipinski definition) is 2. The summed E-state index contributed by atoms with van der Waals surface area (Å²) in [5, 5.41) is 6.19. The molecule has 1 amide bonds. The standard InChI is InChI=1S/C14H19BrN2O/c1-10(12-4-2-3-5-13(12)15)17-14(18)9-16-8-11-6-7-11/h2-5,10-11,16H,6-9H2,1H3,(H,17,18)/t10-/m1/s1. The van der Waals surface area contributed by atoms with Gasteiger partial charge in [0.1, 0.15) is 0 Å². The highest BCUT2D eigenvalue weighted by Gasteiger charge is 2.20. The first-order valence-electron chi connectivity index (χ1n) is 6.41. The molecule has 1 atom stereocenters. The number of nitrogens with one attached hydrogen (secondary N) is 2. The summed E-state index contributed by atoms with van der Waals surface area (Å²) in [6.07, 6.45) is 2.62. The van der Waals surface area contributed by atoms with Crippen molar-refractivity contribution in [1.29, 1.82) is 0 Å². The van der Waals surface area contributed by atoms with Gasteiger partial charge in [0.25, 0.3) is 0 Å². The molecular formula is C14H19BrN2O. The largest absolute Gasteiger partial charge is 0.348 e. The Morgan fingerprint density at radius 2 is 2.17 bits per heavy atom. The predicted octanol–water partition coefficient (Wildman–Crippen LogP) is 2.63. The van der Waals surface area contributed by atoms with E-state index < -0.39 is 0 Å². The molecule has 98 valence electrons. The van der Waals surface area contributed by atoms with Crippen molar-refractivity contribution in [3.63, 3.8) is 0 Å². The monoisotopic (exact) mass is 310 g/mol. The lowest BCUT2D eigenvalue weighted by atomic mass is 10.1. The van der Waals surface area contributed by atoms with E-state index >= 15 is 0 Å². The van der Waals surface area contributed by atoms with E-state index in [0.717, 1.165) is 22.5 Å². The fourth-order valence-corrected chi connectivity index (χ4v) is 2.54. The van der Waals surface area contributed by atoms with Crippen LogP contribution in [0.1, 0.15) is 31.4 Å². The zero-order valence-electron chi connectivity index (χ0n) is 10.6. The Hall–Kier alpha value is -0.870. The van der Waals surface area contributed by atoms with Crippen LogP contribution >= 0.6 is 15.9 Å². The molecule has 0 aliphatic heterocycles. The predicted molar refractivity (Wildman–Crippen MR) is 76.3 cm³/mol. The Morgan fingerprint density at radius 1 is 1.44 bits per heavy atom. The smallest absolute Gasteiger partial charge is 0.234 e. The van der Waals surface area contributed by atoms with Gasteiger partial charge in [0.05, 0.1) is 12.6 Å². The van der Waals surface area contributed by atoms with Crippen LogP contribution in [0.3, 0.4) is 0 Å². The average Bonchev–Trinajstić information content (AvgIpc) is 3.13. The van der Waals surface area contributed by atoms with Gasteiger partial charge in [-0.15, -0.1) is 0 Å². The van der Waals surface area contributed by atoms with Gasteiger partial charge in [-0.2, -0.15) is 0 Å². The molecule has 1 aliphatic rings. The summed E-state index contributed by atoms with van der Waals surface area (Å²) in [5.41, 5.74) is 1.10. The van der Waals surface area contributed by atoms with E-state index in [2.05, 4.69) is 26.6 Å².